The van der Waals surface area contributed by atoms with E-state index in [0.717, 1.165) is 17.1 Å². The van der Waals surface area contributed by atoms with Crippen LogP contribution >= 0.6 is 0 Å². The van der Waals surface area contributed by atoms with Crippen molar-refractivity contribution in [1.82, 2.24) is 15.5 Å². The Balaban J connectivity index is 1.92. The number of carbonyl (C=O) groups is 2. The number of nitrogens with zero attached hydrogens (tertiary/aromatic N) is 1. The number of benzene rings is 1. The third-order valence-electron chi connectivity index (χ3n) is 3.80. The van der Waals surface area contributed by atoms with E-state index in [0.29, 0.717) is 19.8 Å². The number of rotatable bonds is 4. The van der Waals surface area contributed by atoms with Crippen LogP contribution in [-0.2, 0) is 11.3 Å². The van der Waals surface area contributed by atoms with Gasteiger partial charge in [-0.05, 0) is 52.4 Å². The van der Waals surface area contributed by atoms with Gasteiger partial charge >= 0.3 is 6.03 Å². The lowest BCUT2D eigenvalue weighted by Crippen LogP contribution is -2.52. The summed E-state index contributed by atoms with van der Waals surface area (Å²) in [5.74, 6) is 1.11. The average Bonchev–Trinajstić information content (AvgIpc) is 2.52. The lowest BCUT2D eigenvalue weighted by molar-refractivity contribution is -0.124. The van der Waals surface area contributed by atoms with E-state index >= 15 is 0 Å². The van der Waals surface area contributed by atoms with Crippen LogP contribution in [0.15, 0.2) is 18.2 Å². The number of imide groups is 1. The summed E-state index contributed by atoms with van der Waals surface area (Å²) in [4.78, 5) is 25.9. The van der Waals surface area contributed by atoms with E-state index < -0.39 is 17.6 Å². The van der Waals surface area contributed by atoms with Crippen molar-refractivity contribution in [3.05, 3.63) is 23.8 Å². The minimum absolute atomic E-state index is 0.346. The first-order valence-corrected chi connectivity index (χ1v) is 8.37. The first kappa shape index (κ1) is 19.1. The molecule has 7 nitrogen and oxygen atoms in total. The number of ether oxygens (including phenoxy) is 2. The van der Waals surface area contributed by atoms with Crippen LogP contribution in [0.5, 0.6) is 11.5 Å². The van der Waals surface area contributed by atoms with Crippen molar-refractivity contribution in [3.63, 3.8) is 0 Å². The summed E-state index contributed by atoms with van der Waals surface area (Å²) in [6.45, 7) is 8.97. The van der Waals surface area contributed by atoms with E-state index in [1.54, 1.807) is 6.92 Å². The van der Waals surface area contributed by atoms with Gasteiger partial charge in [0.2, 0.25) is 5.91 Å². The van der Waals surface area contributed by atoms with Crippen LogP contribution < -0.4 is 20.1 Å². The van der Waals surface area contributed by atoms with Crippen molar-refractivity contribution < 1.29 is 19.1 Å². The van der Waals surface area contributed by atoms with Gasteiger partial charge in [0, 0.05) is 12.1 Å². The van der Waals surface area contributed by atoms with Crippen molar-refractivity contribution >= 4 is 11.9 Å². The van der Waals surface area contributed by atoms with Gasteiger partial charge in [-0.3, -0.25) is 15.0 Å². The molecule has 1 atom stereocenters. The maximum absolute atomic E-state index is 12.2. The molecule has 0 aliphatic carbocycles. The second-order valence-corrected chi connectivity index (χ2v) is 7.26. The third kappa shape index (κ3) is 5.63. The molecule has 2 N–H and O–H groups in total. The van der Waals surface area contributed by atoms with Gasteiger partial charge in [-0.25, -0.2) is 4.79 Å². The molecule has 0 saturated carbocycles. The number of hydrogen-bond donors (Lipinski definition) is 2. The number of urea groups is 1. The number of fused-ring (bicyclic) bond motifs is 1. The van der Waals surface area contributed by atoms with Crippen molar-refractivity contribution in [3.8, 4) is 11.5 Å². The van der Waals surface area contributed by atoms with E-state index in [4.69, 9.17) is 9.47 Å². The van der Waals surface area contributed by atoms with Crippen LogP contribution in [-0.4, -0.2) is 48.7 Å². The van der Waals surface area contributed by atoms with Crippen molar-refractivity contribution in [2.24, 2.45) is 0 Å². The molecule has 1 aromatic rings. The van der Waals surface area contributed by atoms with Gasteiger partial charge in [0.1, 0.15) is 13.2 Å². The molecule has 2 rings (SSSR count). The summed E-state index contributed by atoms with van der Waals surface area (Å²) in [6.07, 6.45) is 0. The number of likely N-dealkylation sites (N-methyl/N-ethyl adjacent to an activating group) is 1. The van der Waals surface area contributed by atoms with E-state index in [1.807, 2.05) is 50.9 Å². The van der Waals surface area contributed by atoms with Gasteiger partial charge in [0.05, 0.1) is 6.04 Å². The largest absolute Gasteiger partial charge is 0.486 e. The van der Waals surface area contributed by atoms with Crippen molar-refractivity contribution in [1.29, 1.82) is 0 Å². The van der Waals surface area contributed by atoms with Crippen LogP contribution in [0.3, 0.4) is 0 Å². The predicted molar refractivity (Wildman–Crippen MR) is 94.8 cm³/mol. The van der Waals surface area contributed by atoms with E-state index in [9.17, 15) is 9.59 Å². The standard InChI is InChI=1S/C18H27N3O4/c1-12(16(22)19-17(23)20-18(2,3)4)21(5)11-13-6-7-14-15(10-13)25-9-8-24-14/h6-7,10,12H,8-9,11H2,1-5H3,(H2,19,20,22,23)/t12-/m0/s1. The molecular formula is C18H27N3O4. The van der Waals surface area contributed by atoms with E-state index in [1.165, 1.54) is 0 Å². The Labute approximate surface area is 148 Å². The van der Waals surface area contributed by atoms with Crippen LogP contribution in [0.2, 0.25) is 0 Å². The molecule has 1 aliphatic rings. The Hall–Kier alpha value is -2.28. The Morgan fingerprint density at radius 3 is 2.48 bits per heavy atom. The average molecular weight is 349 g/mol. The van der Waals surface area contributed by atoms with Crippen molar-refractivity contribution in [2.45, 2.75) is 45.8 Å². The zero-order valence-electron chi connectivity index (χ0n) is 15.5. The van der Waals surface area contributed by atoms with Crippen molar-refractivity contribution in [2.75, 3.05) is 20.3 Å². The summed E-state index contributed by atoms with van der Waals surface area (Å²) in [5.41, 5.74) is 0.607. The quantitative estimate of drug-likeness (QED) is 0.868. The highest BCUT2D eigenvalue weighted by molar-refractivity contribution is 5.97. The van der Waals surface area contributed by atoms with Gasteiger partial charge in [0.25, 0.3) is 0 Å². The van der Waals surface area contributed by atoms with Crippen LogP contribution in [0, 0.1) is 0 Å². The summed E-state index contributed by atoms with van der Waals surface area (Å²) in [6, 6.07) is 4.79. The fraction of sp³-hybridized carbons (Fsp3) is 0.556. The van der Waals surface area contributed by atoms with Crippen LogP contribution in [0.1, 0.15) is 33.3 Å². The molecular weight excluding hydrogens is 322 g/mol. The Morgan fingerprint density at radius 2 is 1.84 bits per heavy atom. The third-order valence-corrected chi connectivity index (χ3v) is 3.80. The molecule has 0 saturated heterocycles. The van der Waals surface area contributed by atoms with Gasteiger partial charge in [-0.2, -0.15) is 0 Å². The highest BCUT2D eigenvalue weighted by atomic mass is 16.6. The summed E-state index contributed by atoms with van der Waals surface area (Å²) in [7, 11) is 1.84. The topological polar surface area (TPSA) is 79.9 Å². The Bertz CT molecular complexity index is 640. The predicted octanol–water partition coefficient (Wildman–Crippen LogP) is 1.90. The molecule has 0 unspecified atom stereocenters. The second kappa shape index (κ2) is 7.74. The molecule has 1 aromatic carbocycles. The molecule has 3 amide bonds. The SMILES string of the molecule is C[C@@H](C(=O)NC(=O)NC(C)(C)C)N(C)Cc1ccc2c(c1)OCCO2. The first-order chi connectivity index (χ1) is 11.7. The van der Waals surface area contributed by atoms with E-state index in [2.05, 4.69) is 10.6 Å². The summed E-state index contributed by atoms with van der Waals surface area (Å²) >= 11 is 0. The molecule has 0 fully saturated rings. The zero-order chi connectivity index (χ0) is 18.6. The lowest BCUT2D eigenvalue weighted by atomic mass is 10.1. The fourth-order valence-corrected chi connectivity index (χ4v) is 2.40. The van der Waals surface area contributed by atoms with Crippen LogP contribution in [0.25, 0.3) is 0 Å². The summed E-state index contributed by atoms with van der Waals surface area (Å²) < 4.78 is 11.1. The van der Waals surface area contributed by atoms with Gasteiger partial charge in [0.15, 0.2) is 11.5 Å². The molecule has 138 valence electrons. The maximum Gasteiger partial charge on any atom is 0.321 e. The zero-order valence-corrected chi connectivity index (χ0v) is 15.5. The fourth-order valence-electron chi connectivity index (χ4n) is 2.40. The summed E-state index contributed by atoms with van der Waals surface area (Å²) in [5, 5.41) is 5.09. The highest BCUT2D eigenvalue weighted by Crippen LogP contribution is 2.31. The normalized spacial score (nSPS) is 14.8. The Morgan fingerprint density at radius 1 is 1.20 bits per heavy atom. The second-order valence-electron chi connectivity index (χ2n) is 7.26. The number of carbonyl (C=O) groups excluding carboxylic acids is 2. The number of hydrogen-bond acceptors (Lipinski definition) is 5. The molecule has 1 heterocycles. The van der Waals surface area contributed by atoms with Crippen LogP contribution in [0.4, 0.5) is 4.79 Å². The molecule has 0 spiro atoms. The van der Waals surface area contributed by atoms with Gasteiger partial charge < -0.3 is 14.8 Å². The maximum atomic E-state index is 12.2. The Kier molecular flexibility index (Phi) is 5.89. The van der Waals surface area contributed by atoms with Gasteiger partial charge in [-0.1, -0.05) is 6.07 Å². The molecule has 0 radical (unpaired) electrons. The number of amides is 3. The monoisotopic (exact) mass is 349 g/mol. The van der Waals surface area contributed by atoms with E-state index in [-0.39, 0.29) is 5.91 Å². The smallest absolute Gasteiger partial charge is 0.321 e. The van der Waals surface area contributed by atoms with Gasteiger partial charge in [-0.15, -0.1) is 0 Å². The highest BCUT2D eigenvalue weighted by Gasteiger charge is 2.22. The molecule has 0 aromatic heterocycles. The minimum atomic E-state index is -0.489. The molecule has 25 heavy (non-hydrogen) atoms. The minimum Gasteiger partial charge on any atom is -0.486 e. The first-order valence-electron chi connectivity index (χ1n) is 8.37. The molecule has 0 bridgehead atoms. The molecule has 7 heteroatoms. The number of nitrogens with one attached hydrogen (secondary N) is 2. The molecule has 1 aliphatic heterocycles. The lowest BCUT2D eigenvalue weighted by Gasteiger charge is -2.26.